The van der Waals surface area contributed by atoms with Crippen LogP contribution in [0, 0.1) is 11.3 Å². The summed E-state index contributed by atoms with van der Waals surface area (Å²) in [5.74, 6) is 1.35. The second-order valence-corrected chi connectivity index (χ2v) is 12.9. The van der Waals surface area contributed by atoms with Gasteiger partial charge >= 0.3 is 0 Å². The third-order valence-corrected chi connectivity index (χ3v) is 9.87. The Labute approximate surface area is 303 Å². The van der Waals surface area contributed by atoms with E-state index in [1.807, 2.05) is 127 Å². The lowest BCUT2D eigenvalue weighted by Gasteiger charge is -2.20. The topological polar surface area (TPSA) is 107 Å². The average molecular weight is 681 g/mol. The molecule has 0 bridgehead atoms. The van der Waals surface area contributed by atoms with Crippen molar-refractivity contribution >= 4 is 49.4 Å². The highest BCUT2D eigenvalue weighted by atomic mass is 16.3. The Morgan fingerprint density at radius 3 is 1.77 bits per heavy atom. The van der Waals surface area contributed by atoms with Crippen molar-refractivity contribution in [1.29, 1.82) is 5.26 Å². The number of aromatic nitrogens is 4. The number of nitrogens with two attached hydrogens (primary N) is 1. The fourth-order valence-corrected chi connectivity index (χ4v) is 7.48. The summed E-state index contributed by atoms with van der Waals surface area (Å²) in [6.45, 7) is 0. The molecule has 7 heteroatoms. The van der Waals surface area contributed by atoms with Crippen molar-refractivity contribution in [3.8, 4) is 57.0 Å². The van der Waals surface area contributed by atoms with E-state index in [9.17, 15) is 5.26 Å². The number of para-hydroxylation sites is 2. The number of nitrogens with zero attached hydrogens (tertiary/aromatic N) is 5. The van der Waals surface area contributed by atoms with E-state index in [1.165, 1.54) is 0 Å². The van der Waals surface area contributed by atoms with Gasteiger partial charge in [-0.3, -0.25) is 0 Å². The van der Waals surface area contributed by atoms with E-state index in [1.54, 1.807) is 0 Å². The van der Waals surface area contributed by atoms with Gasteiger partial charge in [0.25, 0.3) is 0 Å². The van der Waals surface area contributed by atoms with E-state index in [0.717, 1.165) is 60.4 Å². The number of anilines is 1. The van der Waals surface area contributed by atoms with Crippen molar-refractivity contribution in [2.75, 3.05) is 5.73 Å². The van der Waals surface area contributed by atoms with Gasteiger partial charge in [-0.25, -0.2) is 15.0 Å². The SMILES string of the molecule is N#Cc1cc(-c2ccccc2)c(N)c(-c2nc(-c3ccccc3)nc(-c3ccccc3)n2)c1-n1c2ccccc2c2c3oc4ccccc4c3ccc21. The van der Waals surface area contributed by atoms with Crippen molar-refractivity contribution in [3.63, 3.8) is 0 Å². The summed E-state index contributed by atoms with van der Waals surface area (Å²) in [4.78, 5) is 15.2. The van der Waals surface area contributed by atoms with Gasteiger partial charge in [-0.2, -0.15) is 5.26 Å². The third kappa shape index (κ3) is 4.78. The van der Waals surface area contributed by atoms with E-state index in [2.05, 4.69) is 41.0 Å². The predicted octanol–water partition coefficient (Wildman–Crippen LogP) is 11.0. The molecule has 10 rings (SSSR count). The quantitative estimate of drug-likeness (QED) is 0.181. The Kier molecular flexibility index (Phi) is 6.88. The van der Waals surface area contributed by atoms with E-state index in [4.69, 9.17) is 25.1 Å². The molecule has 0 saturated heterocycles. The van der Waals surface area contributed by atoms with Crippen molar-refractivity contribution in [3.05, 3.63) is 163 Å². The maximum atomic E-state index is 11.1. The summed E-state index contributed by atoms with van der Waals surface area (Å²) in [5, 5.41) is 15.0. The van der Waals surface area contributed by atoms with Crippen LogP contribution in [-0.4, -0.2) is 19.5 Å². The van der Waals surface area contributed by atoms with Gasteiger partial charge < -0.3 is 14.7 Å². The lowest BCUT2D eigenvalue weighted by Crippen LogP contribution is -2.09. The molecule has 10 aromatic rings. The minimum atomic E-state index is 0.357. The van der Waals surface area contributed by atoms with Crippen LogP contribution in [0.2, 0.25) is 0 Å². The van der Waals surface area contributed by atoms with Crippen LogP contribution < -0.4 is 5.73 Å². The van der Waals surface area contributed by atoms with Gasteiger partial charge in [-0.1, -0.05) is 127 Å². The van der Waals surface area contributed by atoms with Gasteiger partial charge in [0.2, 0.25) is 0 Å². The molecule has 248 valence electrons. The number of hydrogen-bond donors (Lipinski definition) is 1. The number of rotatable bonds is 5. The molecule has 0 fully saturated rings. The first-order valence-corrected chi connectivity index (χ1v) is 17.3. The molecule has 3 aromatic heterocycles. The van der Waals surface area contributed by atoms with Gasteiger partial charge in [0, 0.05) is 32.8 Å². The molecule has 2 N–H and O–H groups in total. The number of benzene rings is 7. The highest BCUT2D eigenvalue weighted by Gasteiger charge is 2.27. The Morgan fingerprint density at radius 2 is 1.11 bits per heavy atom. The number of fused-ring (bicyclic) bond motifs is 7. The Balaban J connectivity index is 1.37. The van der Waals surface area contributed by atoms with Gasteiger partial charge in [0.15, 0.2) is 17.5 Å². The summed E-state index contributed by atoms with van der Waals surface area (Å²) in [7, 11) is 0. The van der Waals surface area contributed by atoms with Gasteiger partial charge in [0.05, 0.1) is 38.9 Å². The van der Waals surface area contributed by atoms with E-state index < -0.39 is 0 Å². The maximum absolute atomic E-state index is 11.1. The molecule has 7 aromatic carbocycles. The summed E-state index contributed by atoms with van der Waals surface area (Å²) in [6.07, 6.45) is 0. The number of nitriles is 1. The minimum absolute atomic E-state index is 0.357. The molecule has 0 unspecified atom stereocenters. The zero-order valence-corrected chi connectivity index (χ0v) is 28.2. The number of nitrogen functional groups attached to an aromatic ring is 1. The zero-order chi connectivity index (χ0) is 35.5. The van der Waals surface area contributed by atoms with E-state index in [-0.39, 0.29) is 0 Å². The van der Waals surface area contributed by atoms with Gasteiger partial charge in [0.1, 0.15) is 17.2 Å². The molecule has 0 aliphatic carbocycles. The van der Waals surface area contributed by atoms with Crippen molar-refractivity contribution in [2.24, 2.45) is 0 Å². The lowest BCUT2D eigenvalue weighted by atomic mass is 9.94. The molecular formula is C46H28N6O. The molecule has 0 saturated carbocycles. The first-order chi connectivity index (χ1) is 26.2. The predicted molar refractivity (Wildman–Crippen MR) is 212 cm³/mol. The van der Waals surface area contributed by atoms with Crippen LogP contribution in [0.5, 0.6) is 0 Å². The highest BCUT2D eigenvalue weighted by Crippen LogP contribution is 2.46. The fourth-order valence-electron chi connectivity index (χ4n) is 7.48. The van der Waals surface area contributed by atoms with Crippen molar-refractivity contribution in [1.82, 2.24) is 19.5 Å². The van der Waals surface area contributed by atoms with E-state index in [0.29, 0.717) is 45.5 Å². The number of hydrogen-bond acceptors (Lipinski definition) is 6. The van der Waals surface area contributed by atoms with Crippen LogP contribution in [0.1, 0.15) is 5.56 Å². The van der Waals surface area contributed by atoms with E-state index >= 15 is 0 Å². The monoisotopic (exact) mass is 680 g/mol. The standard InChI is InChI=1S/C46H28N6O/c47-27-31-26-35(28-14-4-1-5-15-28)41(48)40(46-50-44(29-16-6-2-7-17-29)49-45(51-46)30-18-8-3-9-19-30)42(31)52-36-22-12-10-21-34(36)39-37(52)25-24-33-32-20-11-13-23-38(32)53-43(33)39/h1-26H,48H2. The molecule has 53 heavy (non-hydrogen) atoms. The Hall–Kier alpha value is -7.56. The molecule has 0 atom stereocenters. The van der Waals surface area contributed by atoms with Crippen molar-refractivity contribution in [2.45, 2.75) is 0 Å². The molecule has 7 nitrogen and oxygen atoms in total. The zero-order valence-electron chi connectivity index (χ0n) is 28.2. The average Bonchev–Trinajstić information content (AvgIpc) is 3.77. The van der Waals surface area contributed by atoms with Gasteiger partial charge in [-0.05, 0) is 35.9 Å². The van der Waals surface area contributed by atoms with Crippen LogP contribution in [0.4, 0.5) is 5.69 Å². The molecule has 0 aliphatic rings. The van der Waals surface area contributed by atoms with Crippen LogP contribution >= 0.6 is 0 Å². The second kappa shape index (κ2) is 12.0. The number of furan rings is 1. The fraction of sp³-hybridized carbons (Fsp3) is 0. The smallest absolute Gasteiger partial charge is 0.168 e. The Morgan fingerprint density at radius 1 is 0.547 bits per heavy atom. The summed E-state index contributed by atoms with van der Waals surface area (Å²) < 4.78 is 8.70. The first kappa shape index (κ1) is 30.3. The van der Waals surface area contributed by atoms with Crippen LogP contribution in [0.15, 0.2) is 162 Å². The third-order valence-electron chi connectivity index (χ3n) is 9.87. The second-order valence-electron chi connectivity index (χ2n) is 12.9. The molecule has 0 radical (unpaired) electrons. The summed E-state index contributed by atoms with van der Waals surface area (Å²) in [5.41, 5.74) is 15.9. The minimum Gasteiger partial charge on any atom is -0.455 e. The molecule has 3 heterocycles. The molecule has 0 amide bonds. The van der Waals surface area contributed by atoms with Crippen LogP contribution in [0.3, 0.4) is 0 Å². The molecule has 0 aliphatic heterocycles. The first-order valence-electron chi connectivity index (χ1n) is 17.3. The highest BCUT2D eigenvalue weighted by molar-refractivity contribution is 6.24. The summed E-state index contributed by atoms with van der Waals surface area (Å²) >= 11 is 0. The Bertz CT molecular complexity index is 3010. The normalized spacial score (nSPS) is 11.5. The molecule has 0 spiro atoms. The lowest BCUT2D eigenvalue weighted by molar-refractivity contribution is 0.673. The molecular weight excluding hydrogens is 653 g/mol. The van der Waals surface area contributed by atoms with Crippen LogP contribution in [0.25, 0.3) is 94.7 Å². The largest absolute Gasteiger partial charge is 0.455 e. The maximum Gasteiger partial charge on any atom is 0.168 e. The summed E-state index contributed by atoms with van der Waals surface area (Å²) in [6, 6.07) is 54.4. The van der Waals surface area contributed by atoms with Crippen LogP contribution in [-0.2, 0) is 0 Å². The van der Waals surface area contributed by atoms with Crippen molar-refractivity contribution < 1.29 is 4.42 Å². The van der Waals surface area contributed by atoms with Gasteiger partial charge in [-0.15, -0.1) is 0 Å².